The molecule has 1 fully saturated rings. The molecule has 2 nitrogen and oxygen atoms in total. The molecule has 1 saturated carbocycles. The third-order valence-corrected chi connectivity index (χ3v) is 2.60. The zero-order valence-electron chi connectivity index (χ0n) is 6.64. The lowest BCUT2D eigenvalue weighted by molar-refractivity contribution is 0.0743. The molecule has 0 aliphatic heterocycles. The Morgan fingerprint density at radius 3 is 2.60 bits per heavy atom. The summed E-state index contributed by atoms with van der Waals surface area (Å²) in [5.74, 6) is 0.707. The maximum absolute atomic E-state index is 8.74. The first kappa shape index (κ1) is 8.02. The maximum atomic E-state index is 8.74. The van der Waals surface area contributed by atoms with E-state index in [9.17, 15) is 0 Å². The highest BCUT2D eigenvalue weighted by molar-refractivity contribution is 4.76. The van der Waals surface area contributed by atoms with Crippen LogP contribution in [0.15, 0.2) is 0 Å². The van der Waals surface area contributed by atoms with E-state index in [1.165, 1.54) is 25.7 Å². The average molecular weight is 143 g/mol. The van der Waals surface area contributed by atoms with Crippen molar-refractivity contribution in [2.45, 2.75) is 45.1 Å². The van der Waals surface area contributed by atoms with Crippen LogP contribution in [0.1, 0.15) is 39.0 Å². The van der Waals surface area contributed by atoms with Gasteiger partial charge in [0.1, 0.15) is 0 Å². The maximum Gasteiger partial charge on any atom is 0.0347 e. The second-order valence-electron chi connectivity index (χ2n) is 3.19. The molecule has 1 aliphatic carbocycles. The topological polar surface area (TPSA) is 32.3 Å². The van der Waals surface area contributed by atoms with Crippen molar-refractivity contribution in [3.63, 3.8) is 0 Å². The number of hydrogen-bond acceptors (Lipinski definition) is 2. The van der Waals surface area contributed by atoms with Crippen molar-refractivity contribution in [1.82, 2.24) is 5.48 Å². The fourth-order valence-corrected chi connectivity index (χ4v) is 1.87. The summed E-state index contributed by atoms with van der Waals surface area (Å²) < 4.78 is 0. The van der Waals surface area contributed by atoms with E-state index in [-0.39, 0.29) is 0 Å². The van der Waals surface area contributed by atoms with E-state index >= 15 is 0 Å². The van der Waals surface area contributed by atoms with Crippen molar-refractivity contribution in [3.8, 4) is 0 Å². The molecular weight excluding hydrogens is 126 g/mol. The Hall–Kier alpha value is -0.0800. The largest absolute Gasteiger partial charge is 0.317 e. The Bertz CT molecular complexity index is 83.3. The van der Waals surface area contributed by atoms with Gasteiger partial charge in [-0.2, -0.15) is 0 Å². The first-order valence-electron chi connectivity index (χ1n) is 4.28. The van der Waals surface area contributed by atoms with Crippen molar-refractivity contribution in [3.05, 3.63) is 0 Å². The molecule has 0 aromatic carbocycles. The Kier molecular flexibility index (Phi) is 3.16. The van der Waals surface area contributed by atoms with E-state index < -0.39 is 0 Å². The van der Waals surface area contributed by atoms with Crippen molar-refractivity contribution in [2.75, 3.05) is 0 Å². The molecule has 2 atom stereocenters. The first-order chi connectivity index (χ1) is 4.88. The van der Waals surface area contributed by atoms with Gasteiger partial charge in [-0.05, 0) is 18.8 Å². The lowest BCUT2D eigenvalue weighted by Crippen LogP contribution is -2.36. The van der Waals surface area contributed by atoms with Gasteiger partial charge >= 0.3 is 0 Å². The van der Waals surface area contributed by atoms with Crippen molar-refractivity contribution in [2.24, 2.45) is 5.92 Å². The van der Waals surface area contributed by atoms with Crippen LogP contribution in [0.4, 0.5) is 0 Å². The van der Waals surface area contributed by atoms with Gasteiger partial charge in [-0.3, -0.25) is 0 Å². The number of rotatable bonds is 2. The van der Waals surface area contributed by atoms with Gasteiger partial charge in [0.15, 0.2) is 0 Å². The monoisotopic (exact) mass is 143 g/mol. The number of nitrogens with one attached hydrogen (secondary N) is 1. The standard InChI is InChI=1S/C8H17NO/c1-2-7-5-3-4-6-8(7)9-10/h7-10H,2-6H2,1H3. The molecule has 1 rings (SSSR count). The highest BCUT2D eigenvalue weighted by atomic mass is 16.5. The van der Waals surface area contributed by atoms with Gasteiger partial charge in [0.2, 0.25) is 0 Å². The van der Waals surface area contributed by atoms with E-state index in [1.807, 2.05) is 0 Å². The quantitative estimate of drug-likeness (QED) is 0.579. The van der Waals surface area contributed by atoms with Gasteiger partial charge in [0, 0.05) is 6.04 Å². The van der Waals surface area contributed by atoms with Crippen molar-refractivity contribution in [1.29, 1.82) is 0 Å². The summed E-state index contributed by atoms with van der Waals surface area (Å²) in [6.45, 7) is 2.19. The van der Waals surface area contributed by atoms with Crippen LogP contribution in [0.3, 0.4) is 0 Å². The summed E-state index contributed by atoms with van der Waals surface area (Å²) >= 11 is 0. The summed E-state index contributed by atoms with van der Waals surface area (Å²) in [4.78, 5) is 0. The van der Waals surface area contributed by atoms with Crippen LogP contribution in [0.5, 0.6) is 0 Å². The molecule has 0 heterocycles. The van der Waals surface area contributed by atoms with Crippen LogP contribution in [0.25, 0.3) is 0 Å². The minimum atomic E-state index is 0.374. The summed E-state index contributed by atoms with van der Waals surface area (Å²) in [5.41, 5.74) is 2.40. The Labute approximate surface area is 62.6 Å². The number of hydrogen-bond donors (Lipinski definition) is 2. The SMILES string of the molecule is CCC1CCCCC1NO. The summed E-state index contributed by atoms with van der Waals surface area (Å²) in [6, 6.07) is 0.374. The van der Waals surface area contributed by atoms with Crippen molar-refractivity contribution >= 4 is 0 Å². The van der Waals surface area contributed by atoms with Crippen LogP contribution in [0.2, 0.25) is 0 Å². The third-order valence-electron chi connectivity index (χ3n) is 2.60. The number of hydroxylamine groups is 1. The normalized spacial score (nSPS) is 34.2. The Morgan fingerprint density at radius 2 is 2.10 bits per heavy atom. The molecule has 2 heteroatoms. The van der Waals surface area contributed by atoms with Crippen LogP contribution < -0.4 is 5.48 Å². The van der Waals surface area contributed by atoms with Gasteiger partial charge in [-0.25, -0.2) is 5.48 Å². The van der Waals surface area contributed by atoms with Gasteiger partial charge < -0.3 is 5.21 Å². The smallest absolute Gasteiger partial charge is 0.0347 e. The predicted octanol–water partition coefficient (Wildman–Crippen LogP) is 1.93. The fraction of sp³-hybridized carbons (Fsp3) is 1.00. The van der Waals surface area contributed by atoms with Crippen LogP contribution in [-0.4, -0.2) is 11.2 Å². The fourth-order valence-electron chi connectivity index (χ4n) is 1.87. The molecule has 0 saturated heterocycles. The van der Waals surface area contributed by atoms with E-state index in [4.69, 9.17) is 5.21 Å². The lowest BCUT2D eigenvalue weighted by Gasteiger charge is -2.29. The molecule has 10 heavy (non-hydrogen) atoms. The summed E-state index contributed by atoms with van der Waals surface area (Å²) in [5, 5.41) is 8.74. The molecule has 0 radical (unpaired) electrons. The molecule has 2 N–H and O–H groups in total. The zero-order valence-corrected chi connectivity index (χ0v) is 6.64. The van der Waals surface area contributed by atoms with E-state index in [2.05, 4.69) is 12.4 Å². The zero-order chi connectivity index (χ0) is 7.40. The molecule has 0 spiro atoms. The predicted molar refractivity (Wildman–Crippen MR) is 41.0 cm³/mol. The molecule has 0 aromatic heterocycles. The third kappa shape index (κ3) is 1.70. The molecular formula is C8H17NO. The lowest BCUT2D eigenvalue weighted by atomic mass is 9.83. The van der Waals surface area contributed by atoms with Gasteiger partial charge in [-0.15, -0.1) is 0 Å². The van der Waals surface area contributed by atoms with Crippen LogP contribution in [0, 0.1) is 5.92 Å². The molecule has 2 unspecified atom stereocenters. The van der Waals surface area contributed by atoms with Gasteiger partial charge in [0.05, 0.1) is 0 Å². The highest BCUT2D eigenvalue weighted by Gasteiger charge is 2.22. The molecule has 0 amide bonds. The van der Waals surface area contributed by atoms with E-state index in [0.29, 0.717) is 12.0 Å². The molecule has 60 valence electrons. The summed E-state index contributed by atoms with van der Waals surface area (Å²) in [6.07, 6.45) is 6.24. The second-order valence-corrected chi connectivity index (χ2v) is 3.19. The van der Waals surface area contributed by atoms with Crippen LogP contribution in [-0.2, 0) is 0 Å². The van der Waals surface area contributed by atoms with E-state index in [1.54, 1.807) is 0 Å². The molecule has 0 aromatic rings. The van der Waals surface area contributed by atoms with Gasteiger partial charge in [-0.1, -0.05) is 26.2 Å². The summed E-state index contributed by atoms with van der Waals surface area (Å²) in [7, 11) is 0. The minimum Gasteiger partial charge on any atom is -0.317 e. The minimum absolute atomic E-state index is 0.374. The van der Waals surface area contributed by atoms with Gasteiger partial charge in [0.25, 0.3) is 0 Å². The highest BCUT2D eigenvalue weighted by Crippen LogP contribution is 2.26. The van der Waals surface area contributed by atoms with Crippen LogP contribution >= 0.6 is 0 Å². The average Bonchev–Trinajstić information content (AvgIpc) is 2.04. The molecule has 0 bridgehead atoms. The van der Waals surface area contributed by atoms with Crippen molar-refractivity contribution < 1.29 is 5.21 Å². The molecule has 1 aliphatic rings. The Balaban J connectivity index is 2.34. The second kappa shape index (κ2) is 3.94. The van der Waals surface area contributed by atoms with E-state index in [0.717, 1.165) is 6.42 Å². The Morgan fingerprint density at radius 1 is 1.40 bits per heavy atom. The first-order valence-corrected chi connectivity index (χ1v) is 4.28.